The first-order valence-corrected chi connectivity index (χ1v) is 12.0. The SMILES string of the molecule is CCN(C(=O)NC(CCC(F)F)C(F)(F)F)[C@@H](c1cc(-c2cn3cc(C)nc3c(OC)n2)c(OC)cn1)C(F)(F)F. The van der Waals surface area contributed by atoms with Crippen molar-refractivity contribution in [2.45, 2.75) is 57.6 Å². The van der Waals surface area contributed by atoms with Crippen molar-refractivity contribution in [3.63, 3.8) is 0 Å². The molecule has 0 fully saturated rings. The van der Waals surface area contributed by atoms with Crippen molar-refractivity contribution < 1.29 is 49.4 Å². The number of hydrogen-bond donors (Lipinski definition) is 1. The first-order chi connectivity index (χ1) is 19.1. The highest BCUT2D eigenvalue weighted by Crippen LogP contribution is 2.40. The third kappa shape index (κ3) is 7.24. The molecule has 3 rings (SSSR count). The lowest BCUT2D eigenvalue weighted by atomic mass is 10.1. The number of nitrogens with one attached hydrogen (secondary N) is 1. The first-order valence-electron chi connectivity index (χ1n) is 12.0. The minimum atomic E-state index is -5.21. The number of fused-ring (bicyclic) bond motifs is 1. The van der Waals surface area contributed by atoms with Gasteiger partial charge in [-0.25, -0.2) is 23.5 Å². The Morgan fingerprint density at radius 1 is 1.05 bits per heavy atom. The fourth-order valence-electron chi connectivity index (χ4n) is 4.12. The van der Waals surface area contributed by atoms with Crippen LogP contribution in [0.15, 0.2) is 24.7 Å². The number of pyridine rings is 1. The van der Waals surface area contributed by atoms with E-state index in [0.717, 1.165) is 19.2 Å². The Kier molecular flexibility index (Phi) is 9.48. The Bertz CT molecular complexity index is 1360. The normalized spacial score (nSPS) is 13.8. The van der Waals surface area contributed by atoms with Crippen LogP contribution < -0.4 is 14.8 Å². The van der Waals surface area contributed by atoms with Crippen molar-refractivity contribution in [1.82, 2.24) is 29.6 Å². The second-order valence-electron chi connectivity index (χ2n) is 8.80. The summed E-state index contributed by atoms with van der Waals surface area (Å²) in [6.07, 6.45) is -11.9. The molecule has 41 heavy (non-hydrogen) atoms. The van der Waals surface area contributed by atoms with Gasteiger partial charge in [-0.3, -0.25) is 4.98 Å². The van der Waals surface area contributed by atoms with Gasteiger partial charge < -0.3 is 24.1 Å². The summed E-state index contributed by atoms with van der Waals surface area (Å²) in [6.45, 7) is 2.11. The lowest BCUT2D eigenvalue weighted by Gasteiger charge is -2.34. The van der Waals surface area contributed by atoms with Gasteiger partial charge in [0.25, 0.3) is 5.88 Å². The third-order valence-electron chi connectivity index (χ3n) is 5.97. The molecule has 0 aliphatic carbocycles. The topological polar surface area (TPSA) is 93.9 Å². The Balaban J connectivity index is 2.09. The molecule has 0 aliphatic heterocycles. The van der Waals surface area contributed by atoms with E-state index in [9.17, 15) is 39.9 Å². The highest BCUT2D eigenvalue weighted by atomic mass is 19.4. The minimum Gasteiger partial charge on any atom is -0.494 e. The standard InChI is InChI=1S/C24H26F8N6O3/c1-5-38(22(39)36-17(23(27,28)29)6-7-18(25)26)19(24(30,31)32)14-8-13(16(40-3)9-33-14)15-11-37-10-12(2)34-20(37)21(35-15)41-4/h8-11,17-19H,5-7H2,1-4H3,(H,36,39)/t17?,19-/m0/s1. The van der Waals surface area contributed by atoms with Crippen molar-refractivity contribution in [3.8, 4) is 22.9 Å². The summed E-state index contributed by atoms with van der Waals surface area (Å²) in [4.78, 5) is 25.2. The molecule has 226 valence electrons. The smallest absolute Gasteiger partial charge is 0.414 e. The third-order valence-corrected chi connectivity index (χ3v) is 5.97. The zero-order valence-corrected chi connectivity index (χ0v) is 22.1. The Morgan fingerprint density at radius 2 is 1.73 bits per heavy atom. The molecule has 0 aliphatic rings. The van der Waals surface area contributed by atoms with Gasteiger partial charge in [-0.15, -0.1) is 0 Å². The molecule has 0 bridgehead atoms. The zero-order chi connectivity index (χ0) is 30.7. The number of urea groups is 1. The summed E-state index contributed by atoms with van der Waals surface area (Å²) in [5, 5.41) is 1.43. The fraction of sp³-hybridized carbons (Fsp3) is 0.500. The van der Waals surface area contributed by atoms with Crippen LogP contribution in [-0.2, 0) is 0 Å². The van der Waals surface area contributed by atoms with Crippen LogP contribution in [0.5, 0.6) is 11.6 Å². The van der Waals surface area contributed by atoms with Gasteiger partial charge >= 0.3 is 18.4 Å². The number of alkyl halides is 8. The summed E-state index contributed by atoms with van der Waals surface area (Å²) >= 11 is 0. The summed E-state index contributed by atoms with van der Waals surface area (Å²) in [5.74, 6) is 0.0389. The molecule has 2 atom stereocenters. The van der Waals surface area contributed by atoms with Gasteiger partial charge in [-0.1, -0.05) is 0 Å². The lowest BCUT2D eigenvalue weighted by molar-refractivity contribution is -0.180. The predicted molar refractivity (Wildman–Crippen MR) is 129 cm³/mol. The number of aryl methyl sites for hydroxylation is 1. The predicted octanol–water partition coefficient (Wildman–Crippen LogP) is 5.73. The molecule has 1 N–H and O–H groups in total. The number of aromatic nitrogens is 4. The molecule has 9 nitrogen and oxygen atoms in total. The van der Waals surface area contributed by atoms with Crippen molar-refractivity contribution >= 4 is 11.7 Å². The molecule has 3 heterocycles. The van der Waals surface area contributed by atoms with Crippen LogP contribution in [0.1, 0.15) is 37.2 Å². The highest BCUT2D eigenvalue weighted by molar-refractivity contribution is 5.76. The number of halogens is 8. The monoisotopic (exact) mass is 598 g/mol. The van der Waals surface area contributed by atoms with Crippen LogP contribution in [0.4, 0.5) is 39.9 Å². The molecule has 0 saturated heterocycles. The quantitative estimate of drug-likeness (QED) is 0.300. The van der Waals surface area contributed by atoms with E-state index in [2.05, 4.69) is 15.0 Å². The van der Waals surface area contributed by atoms with Crippen molar-refractivity contribution in [3.05, 3.63) is 36.0 Å². The van der Waals surface area contributed by atoms with E-state index in [1.165, 1.54) is 30.1 Å². The summed E-state index contributed by atoms with van der Waals surface area (Å²) < 4.78 is 121. The second kappa shape index (κ2) is 12.3. The molecule has 0 saturated carbocycles. The van der Waals surface area contributed by atoms with Crippen LogP contribution in [0.25, 0.3) is 16.9 Å². The van der Waals surface area contributed by atoms with Crippen molar-refractivity contribution in [2.75, 3.05) is 20.8 Å². The van der Waals surface area contributed by atoms with E-state index in [1.807, 2.05) is 0 Å². The van der Waals surface area contributed by atoms with Crippen LogP contribution >= 0.6 is 0 Å². The van der Waals surface area contributed by atoms with E-state index in [-0.39, 0.29) is 27.8 Å². The number of rotatable bonds is 10. The summed E-state index contributed by atoms with van der Waals surface area (Å²) in [7, 11) is 2.55. The average molecular weight is 598 g/mol. The van der Waals surface area contributed by atoms with Gasteiger partial charge in [0.1, 0.15) is 11.8 Å². The maximum atomic E-state index is 14.4. The number of methoxy groups -OCH3 is 2. The van der Waals surface area contributed by atoms with Gasteiger partial charge in [0.2, 0.25) is 12.1 Å². The lowest BCUT2D eigenvalue weighted by Crippen LogP contribution is -2.53. The molecule has 17 heteroatoms. The Labute approximate surface area is 228 Å². The number of carbonyl (C=O) groups is 1. The number of carbonyl (C=O) groups excluding carboxylic acids is 1. The minimum absolute atomic E-state index is 0.000124. The molecule has 3 aromatic heterocycles. The van der Waals surface area contributed by atoms with Crippen LogP contribution in [0.2, 0.25) is 0 Å². The largest absolute Gasteiger partial charge is 0.494 e. The van der Waals surface area contributed by atoms with E-state index in [4.69, 9.17) is 9.47 Å². The number of hydrogen-bond acceptors (Lipinski definition) is 6. The van der Waals surface area contributed by atoms with Gasteiger partial charge in [-0.2, -0.15) is 26.3 Å². The van der Waals surface area contributed by atoms with E-state index >= 15 is 0 Å². The van der Waals surface area contributed by atoms with Gasteiger partial charge in [-0.05, 0) is 26.3 Å². The van der Waals surface area contributed by atoms with Gasteiger partial charge in [0, 0.05) is 30.9 Å². The second-order valence-corrected chi connectivity index (χ2v) is 8.80. The molecular weight excluding hydrogens is 572 g/mol. The van der Waals surface area contributed by atoms with E-state index in [1.54, 1.807) is 13.1 Å². The maximum absolute atomic E-state index is 14.4. The maximum Gasteiger partial charge on any atom is 0.414 e. The zero-order valence-electron chi connectivity index (χ0n) is 22.1. The van der Waals surface area contributed by atoms with Crippen LogP contribution in [0.3, 0.4) is 0 Å². The highest BCUT2D eigenvalue weighted by Gasteiger charge is 2.49. The number of amides is 2. The molecule has 1 unspecified atom stereocenters. The molecule has 2 amide bonds. The number of ether oxygens (including phenoxy) is 2. The van der Waals surface area contributed by atoms with E-state index in [0.29, 0.717) is 11.3 Å². The molecular formula is C24H26F8N6O3. The molecule has 0 radical (unpaired) electrons. The average Bonchev–Trinajstić information content (AvgIpc) is 3.27. The van der Waals surface area contributed by atoms with Gasteiger partial charge in [0.05, 0.1) is 37.5 Å². The first kappa shape index (κ1) is 31.6. The number of nitrogens with zero attached hydrogens (tertiary/aromatic N) is 5. The van der Waals surface area contributed by atoms with Gasteiger partial charge in [0.15, 0.2) is 6.04 Å². The van der Waals surface area contributed by atoms with E-state index < -0.39 is 62.0 Å². The van der Waals surface area contributed by atoms with Crippen molar-refractivity contribution in [2.24, 2.45) is 0 Å². The summed E-state index contributed by atoms with van der Waals surface area (Å²) in [6, 6.07) is -6.43. The number of imidazole rings is 1. The Morgan fingerprint density at radius 3 is 2.27 bits per heavy atom. The molecule has 0 aromatic carbocycles. The van der Waals surface area contributed by atoms with Crippen molar-refractivity contribution in [1.29, 1.82) is 0 Å². The molecule has 3 aromatic rings. The molecule has 0 spiro atoms. The fourth-order valence-corrected chi connectivity index (χ4v) is 4.12. The van der Waals surface area contributed by atoms with Crippen LogP contribution in [0, 0.1) is 6.92 Å². The van der Waals surface area contributed by atoms with Crippen LogP contribution in [-0.4, -0.2) is 75.9 Å². The summed E-state index contributed by atoms with van der Waals surface area (Å²) in [5.41, 5.74) is 0.237. The Hall–Kier alpha value is -3.92.